The molecule has 0 saturated heterocycles. The first-order valence-corrected chi connectivity index (χ1v) is 4.20. The van der Waals surface area contributed by atoms with Gasteiger partial charge in [-0.3, -0.25) is 5.10 Å². The van der Waals surface area contributed by atoms with Gasteiger partial charge in [-0.15, -0.1) is 5.10 Å². The van der Waals surface area contributed by atoms with Gasteiger partial charge >= 0.3 is 0 Å². The molecule has 2 rings (SSSR count). The van der Waals surface area contributed by atoms with Crippen molar-refractivity contribution in [3.8, 4) is 17.3 Å². The molecular weight excluding hydrogens is 176 g/mol. The number of hydrogen-bond acceptors (Lipinski definition) is 3. The van der Waals surface area contributed by atoms with Crippen molar-refractivity contribution in [2.45, 2.75) is 6.92 Å². The summed E-state index contributed by atoms with van der Waals surface area (Å²) in [7, 11) is 0. The lowest BCUT2D eigenvalue weighted by molar-refractivity contribution is 0.929. The summed E-state index contributed by atoms with van der Waals surface area (Å²) in [6.45, 7) is 1.85. The highest BCUT2D eigenvalue weighted by Gasteiger charge is 2.08. The third kappa shape index (κ3) is 1.25. The number of hydrogen-bond donors (Lipinski definition) is 1. The molecule has 0 saturated carbocycles. The highest BCUT2D eigenvalue weighted by atomic mass is 15.3. The summed E-state index contributed by atoms with van der Waals surface area (Å²) in [6, 6.07) is 9.50. The lowest BCUT2D eigenvalue weighted by Crippen LogP contribution is -1.86. The first kappa shape index (κ1) is 8.45. The van der Waals surface area contributed by atoms with Crippen LogP contribution in [-0.2, 0) is 0 Å². The van der Waals surface area contributed by atoms with Crippen molar-refractivity contribution < 1.29 is 0 Å². The molecular formula is C10H8N4. The van der Waals surface area contributed by atoms with E-state index in [0.29, 0.717) is 5.56 Å². The maximum Gasteiger partial charge on any atom is 0.0998 e. The van der Waals surface area contributed by atoms with Gasteiger partial charge < -0.3 is 0 Å². The van der Waals surface area contributed by atoms with Crippen LogP contribution in [0.15, 0.2) is 24.3 Å². The van der Waals surface area contributed by atoms with E-state index in [1.54, 1.807) is 6.07 Å². The van der Waals surface area contributed by atoms with Gasteiger partial charge in [-0.05, 0) is 13.0 Å². The second kappa shape index (κ2) is 3.30. The summed E-state index contributed by atoms with van der Waals surface area (Å²) in [5, 5.41) is 19.2. The van der Waals surface area contributed by atoms with E-state index < -0.39 is 0 Å². The number of aromatic amines is 1. The number of nitriles is 1. The van der Waals surface area contributed by atoms with Crippen LogP contribution < -0.4 is 0 Å². The SMILES string of the molecule is Cc1nn[nH]c1-c1ccccc1C#N. The van der Waals surface area contributed by atoms with Crippen molar-refractivity contribution in [2.24, 2.45) is 0 Å². The summed E-state index contributed by atoms with van der Waals surface area (Å²) < 4.78 is 0. The Kier molecular flexibility index (Phi) is 1.99. The van der Waals surface area contributed by atoms with Crippen LogP contribution in [0.1, 0.15) is 11.3 Å². The van der Waals surface area contributed by atoms with Crippen LogP contribution in [0.25, 0.3) is 11.3 Å². The largest absolute Gasteiger partial charge is 0.257 e. The van der Waals surface area contributed by atoms with E-state index in [0.717, 1.165) is 17.0 Å². The maximum atomic E-state index is 8.90. The van der Waals surface area contributed by atoms with Crippen LogP contribution in [0.3, 0.4) is 0 Å². The Morgan fingerprint density at radius 3 is 2.79 bits per heavy atom. The summed E-state index contributed by atoms with van der Waals surface area (Å²) in [6.07, 6.45) is 0. The Labute approximate surface area is 81.2 Å². The Morgan fingerprint density at radius 1 is 1.36 bits per heavy atom. The molecule has 1 aromatic carbocycles. The highest BCUT2D eigenvalue weighted by Crippen LogP contribution is 2.22. The Bertz CT molecular complexity index is 493. The number of benzene rings is 1. The minimum atomic E-state index is 0.627. The van der Waals surface area contributed by atoms with E-state index in [1.807, 2.05) is 25.1 Å². The van der Waals surface area contributed by atoms with Gasteiger partial charge in [-0.25, -0.2) is 0 Å². The summed E-state index contributed by atoms with van der Waals surface area (Å²) in [5.74, 6) is 0. The highest BCUT2D eigenvalue weighted by molar-refractivity contribution is 5.68. The molecule has 0 aliphatic heterocycles. The molecule has 14 heavy (non-hydrogen) atoms. The van der Waals surface area contributed by atoms with Crippen molar-refractivity contribution >= 4 is 0 Å². The number of H-pyrrole nitrogens is 1. The van der Waals surface area contributed by atoms with Gasteiger partial charge in [0.15, 0.2) is 0 Å². The first-order chi connectivity index (χ1) is 6.83. The third-order valence-corrected chi connectivity index (χ3v) is 2.04. The minimum absolute atomic E-state index is 0.627. The molecule has 0 aliphatic carbocycles. The molecule has 68 valence electrons. The molecule has 0 amide bonds. The number of aromatic nitrogens is 3. The molecule has 0 unspecified atom stereocenters. The van der Waals surface area contributed by atoms with E-state index >= 15 is 0 Å². The van der Waals surface area contributed by atoms with Crippen molar-refractivity contribution in [1.29, 1.82) is 5.26 Å². The predicted octanol–water partition coefficient (Wildman–Crippen LogP) is 1.65. The van der Waals surface area contributed by atoms with Crippen LogP contribution in [0.4, 0.5) is 0 Å². The monoisotopic (exact) mass is 184 g/mol. The number of nitrogens with zero attached hydrogens (tertiary/aromatic N) is 3. The van der Waals surface area contributed by atoms with Crippen molar-refractivity contribution in [3.63, 3.8) is 0 Å². The first-order valence-electron chi connectivity index (χ1n) is 4.20. The second-order valence-corrected chi connectivity index (χ2v) is 2.93. The number of aryl methyl sites for hydroxylation is 1. The zero-order valence-corrected chi connectivity index (χ0v) is 7.65. The number of nitrogens with one attached hydrogen (secondary N) is 1. The molecule has 0 atom stereocenters. The van der Waals surface area contributed by atoms with Gasteiger partial charge in [0.05, 0.1) is 23.0 Å². The van der Waals surface area contributed by atoms with Crippen LogP contribution in [0, 0.1) is 18.3 Å². The summed E-state index contributed by atoms with van der Waals surface area (Å²) in [4.78, 5) is 0. The van der Waals surface area contributed by atoms with E-state index in [-0.39, 0.29) is 0 Å². The fourth-order valence-corrected chi connectivity index (χ4v) is 1.33. The summed E-state index contributed by atoms with van der Waals surface area (Å²) >= 11 is 0. The molecule has 4 heteroatoms. The molecule has 1 N–H and O–H groups in total. The molecule has 2 aromatic rings. The molecule has 0 aliphatic rings. The van der Waals surface area contributed by atoms with Crippen LogP contribution in [-0.4, -0.2) is 15.4 Å². The van der Waals surface area contributed by atoms with Gasteiger partial charge in [0, 0.05) is 5.56 Å². The third-order valence-electron chi connectivity index (χ3n) is 2.04. The standard InChI is InChI=1S/C10H8N4/c1-7-10(13-14-12-7)9-5-3-2-4-8(9)6-11/h2-5H,1H3,(H,12,13,14). The fraction of sp³-hybridized carbons (Fsp3) is 0.100. The van der Waals surface area contributed by atoms with Crippen LogP contribution in [0.5, 0.6) is 0 Å². The van der Waals surface area contributed by atoms with Gasteiger partial charge in [0.2, 0.25) is 0 Å². The average Bonchev–Trinajstić information content (AvgIpc) is 2.64. The quantitative estimate of drug-likeness (QED) is 0.732. The fourth-order valence-electron chi connectivity index (χ4n) is 1.33. The summed E-state index contributed by atoms with van der Waals surface area (Å²) in [5.41, 5.74) is 3.08. The lowest BCUT2D eigenvalue weighted by Gasteiger charge is -1.99. The van der Waals surface area contributed by atoms with Gasteiger partial charge in [-0.2, -0.15) is 5.26 Å². The number of rotatable bonds is 1. The van der Waals surface area contributed by atoms with Crippen LogP contribution >= 0.6 is 0 Å². The Hall–Kier alpha value is -2.15. The van der Waals surface area contributed by atoms with Gasteiger partial charge in [0.1, 0.15) is 0 Å². The lowest BCUT2D eigenvalue weighted by atomic mass is 10.0. The second-order valence-electron chi connectivity index (χ2n) is 2.93. The van der Waals surface area contributed by atoms with Crippen molar-refractivity contribution in [2.75, 3.05) is 0 Å². The molecule has 0 fully saturated rings. The molecule has 0 radical (unpaired) electrons. The van der Waals surface area contributed by atoms with Gasteiger partial charge in [0.25, 0.3) is 0 Å². The van der Waals surface area contributed by atoms with E-state index in [1.165, 1.54) is 0 Å². The van der Waals surface area contributed by atoms with Crippen LogP contribution in [0.2, 0.25) is 0 Å². The van der Waals surface area contributed by atoms with E-state index in [2.05, 4.69) is 21.5 Å². The minimum Gasteiger partial charge on any atom is -0.257 e. The molecule has 0 spiro atoms. The topological polar surface area (TPSA) is 65.4 Å². The zero-order valence-electron chi connectivity index (χ0n) is 7.65. The predicted molar refractivity (Wildman–Crippen MR) is 51.3 cm³/mol. The van der Waals surface area contributed by atoms with Gasteiger partial charge in [-0.1, -0.05) is 23.4 Å². The Balaban J connectivity index is 2.64. The van der Waals surface area contributed by atoms with E-state index in [9.17, 15) is 0 Å². The molecule has 1 aromatic heterocycles. The zero-order chi connectivity index (χ0) is 9.97. The van der Waals surface area contributed by atoms with Crippen molar-refractivity contribution in [1.82, 2.24) is 15.4 Å². The smallest absolute Gasteiger partial charge is 0.0998 e. The molecule has 4 nitrogen and oxygen atoms in total. The Morgan fingerprint density at radius 2 is 2.14 bits per heavy atom. The van der Waals surface area contributed by atoms with E-state index in [4.69, 9.17) is 5.26 Å². The molecule has 0 bridgehead atoms. The molecule has 1 heterocycles. The normalized spacial score (nSPS) is 9.71. The maximum absolute atomic E-state index is 8.90. The van der Waals surface area contributed by atoms with Crippen molar-refractivity contribution in [3.05, 3.63) is 35.5 Å². The average molecular weight is 184 g/mol.